The molecule has 5 heteroatoms. The van der Waals surface area contributed by atoms with Crippen LogP contribution in [0.5, 0.6) is 0 Å². The van der Waals surface area contributed by atoms with E-state index in [2.05, 4.69) is 10.0 Å². The van der Waals surface area contributed by atoms with Gasteiger partial charge in [-0.25, -0.2) is 13.1 Å². The van der Waals surface area contributed by atoms with Gasteiger partial charge in [0.2, 0.25) is 10.0 Å². The molecule has 16 heavy (non-hydrogen) atoms. The second-order valence-electron chi connectivity index (χ2n) is 4.82. The van der Waals surface area contributed by atoms with Crippen LogP contribution >= 0.6 is 0 Å². The summed E-state index contributed by atoms with van der Waals surface area (Å²) in [5, 5.41) is 3.01. The maximum atomic E-state index is 11.8. The van der Waals surface area contributed by atoms with E-state index in [9.17, 15) is 8.42 Å². The van der Waals surface area contributed by atoms with E-state index in [4.69, 9.17) is 0 Å². The lowest BCUT2D eigenvalue weighted by molar-refractivity contribution is 0.383. The Hall–Kier alpha value is -0.130. The van der Waals surface area contributed by atoms with Gasteiger partial charge in [-0.15, -0.1) is 0 Å². The largest absolute Gasteiger partial charge is 0.316 e. The summed E-state index contributed by atoms with van der Waals surface area (Å²) in [5.41, 5.74) is 0. The van der Waals surface area contributed by atoms with Gasteiger partial charge in [0, 0.05) is 12.6 Å². The SMILES string of the molecule is CNC(C)CNS(=O)(=O)CC1CCCCC1. The van der Waals surface area contributed by atoms with Crippen LogP contribution in [0.15, 0.2) is 0 Å². The Morgan fingerprint density at radius 1 is 1.25 bits per heavy atom. The number of hydrogen-bond donors (Lipinski definition) is 2. The maximum Gasteiger partial charge on any atom is 0.211 e. The fourth-order valence-electron chi connectivity index (χ4n) is 2.08. The quantitative estimate of drug-likeness (QED) is 0.740. The standard InChI is InChI=1S/C11H24N2O2S/c1-10(12-2)8-13-16(14,15)9-11-6-4-3-5-7-11/h10-13H,3-9H2,1-2H3. The van der Waals surface area contributed by atoms with E-state index >= 15 is 0 Å². The second kappa shape index (κ2) is 6.57. The Labute approximate surface area is 99.2 Å². The molecule has 2 N–H and O–H groups in total. The zero-order valence-corrected chi connectivity index (χ0v) is 11.1. The van der Waals surface area contributed by atoms with Crippen molar-refractivity contribution >= 4 is 10.0 Å². The molecule has 0 aromatic rings. The summed E-state index contributed by atoms with van der Waals surface area (Å²) < 4.78 is 26.2. The van der Waals surface area contributed by atoms with Crippen LogP contribution in [0.4, 0.5) is 0 Å². The predicted octanol–water partition coefficient (Wildman–Crippen LogP) is 1.09. The lowest BCUT2D eigenvalue weighted by atomic mass is 9.91. The minimum absolute atomic E-state index is 0.182. The molecular formula is C11H24N2O2S. The highest BCUT2D eigenvalue weighted by Gasteiger charge is 2.21. The lowest BCUT2D eigenvalue weighted by Gasteiger charge is -2.21. The van der Waals surface area contributed by atoms with Crippen molar-refractivity contribution in [2.75, 3.05) is 19.3 Å². The van der Waals surface area contributed by atoms with Crippen molar-refractivity contribution < 1.29 is 8.42 Å². The second-order valence-corrected chi connectivity index (χ2v) is 6.68. The van der Waals surface area contributed by atoms with Crippen molar-refractivity contribution in [2.24, 2.45) is 5.92 Å². The highest BCUT2D eigenvalue weighted by atomic mass is 32.2. The summed E-state index contributed by atoms with van der Waals surface area (Å²) in [4.78, 5) is 0. The minimum Gasteiger partial charge on any atom is -0.316 e. The van der Waals surface area contributed by atoms with E-state index in [-0.39, 0.29) is 6.04 Å². The Morgan fingerprint density at radius 3 is 2.44 bits per heavy atom. The molecule has 0 spiro atoms. The summed E-state index contributed by atoms with van der Waals surface area (Å²) >= 11 is 0. The molecule has 1 unspecified atom stereocenters. The Balaban J connectivity index is 2.32. The van der Waals surface area contributed by atoms with Crippen LogP contribution in [0.2, 0.25) is 0 Å². The molecule has 1 rings (SSSR count). The minimum atomic E-state index is -3.08. The molecule has 0 aromatic heterocycles. The molecule has 96 valence electrons. The number of nitrogens with one attached hydrogen (secondary N) is 2. The fraction of sp³-hybridized carbons (Fsp3) is 1.00. The van der Waals surface area contributed by atoms with Gasteiger partial charge >= 0.3 is 0 Å². The predicted molar refractivity (Wildman–Crippen MR) is 66.9 cm³/mol. The first-order chi connectivity index (χ1) is 7.53. The molecule has 0 aromatic carbocycles. The Morgan fingerprint density at radius 2 is 1.88 bits per heavy atom. The summed E-state index contributed by atoms with van der Waals surface area (Å²) in [7, 11) is -1.24. The number of rotatable bonds is 6. The van der Waals surface area contributed by atoms with Gasteiger partial charge in [-0.3, -0.25) is 0 Å². The third-order valence-electron chi connectivity index (χ3n) is 3.28. The molecular weight excluding hydrogens is 224 g/mol. The summed E-state index contributed by atoms with van der Waals surface area (Å²) in [6.07, 6.45) is 5.78. The molecule has 1 atom stereocenters. The van der Waals surface area contributed by atoms with Crippen LogP contribution < -0.4 is 10.0 Å². The molecule has 0 radical (unpaired) electrons. The van der Waals surface area contributed by atoms with Gasteiger partial charge in [0.1, 0.15) is 0 Å². The van der Waals surface area contributed by atoms with Crippen LogP contribution in [0, 0.1) is 5.92 Å². The van der Waals surface area contributed by atoms with Crippen molar-refractivity contribution in [3.8, 4) is 0 Å². The van der Waals surface area contributed by atoms with Crippen molar-refractivity contribution in [1.82, 2.24) is 10.0 Å². The number of likely N-dealkylation sites (N-methyl/N-ethyl adjacent to an activating group) is 1. The van der Waals surface area contributed by atoms with E-state index < -0.39 is 10.0 Å². The van der Waals surface area contributed by atoms with E-state index in [0.29, 0.717) is 18.2 Å². The molecule has 1 aliphatic rings. The first-order valence-corrected chi connectivity index (χ1v) is 7.83. The van der Waals surface area contributed by atoms with Gasteiger partial charge in [-0.1, -0.05) is 19.3 Å². The van der Waals surface area contributed by atoms with Gasteiger partial charge in [0.25, 0.3) is 0 Å². The normalized spacial score (nSPS) is 20.9. The zero-order valence-electron chi connectivity index (χ0n) is 10.3. The van der Waals surface area contributed by atoms with Crippen LogP contribution in [0.25, 0.3) is 0 Å². The molecule has 4 nitrogen and oxygen atoms in total. The van der Waals surface area contributed by atoms with E-state index in [0.717, 1.165) is 12.8 Å². The molecule has 0 amide bonds. The van der Waals surface area contributed by atoms with Crippen LogP contribution in [0.3, 0.4) is 0 Å². The molecule has 0 saturated heterocycles. The van der Waals surface area contributed by atoms with E-state index in [1.54, 1.807) is 0 Å². The summed E-state index contributed by atoms with van der Waals surface area (Å²) in [6, 6.07) is 0.182. The smallest absolute Gasteiger partial charge is 0.211 e. The van der Waals surface area contributed by atoms with Crippen LogP contribution in [-0.2, 0) is 10.0 Å². The van der Waals surface area contributed by atoms with Gasteiger partial charge in [-0.05, 0) is 32.7 Å². The van der Waals surface area contributed by atoms with Crippen molar-refractivity contribution in [2.45, 2.75) is 45.1 Å². The number of hydrogen-bond acceptors (Lipinski definition) is 3. The first kappa shape index (κ1) is 13.9. The summed E-state index contributed by atoms with van der Waals surface area (Å²) in [6.45, 7) is 2.44. The molecule has 1 saturated carbocycles. The van der Waals surface area contributed by atoms with E-state index in [1.165, 1.54) is 19.3 Å². The lowest BCUT2D eigenvalue weighted by Crippen LogP contribution is -2.39. The molecule has 0 heterocycles. The van der Waals surface area contributed by atoms with Gasteiger partial charge in [0.15, 0.2) is 0 Å². The third kappa shape index (κ3) is 5.27. The van der Waals surface area contributed by atoms with Crippen molar-refractivity contribution in [3.63, 3.8) is 0 Å². The summed E-state index contributed by atoms with van der Waals surface area (Å²) in [5.74, 6) is 0.680. The third-order valence-corrected chi connectivity index (χ3v) is 4.80. The molecule has 0 aliphatic heterocycles. The molecule has 1 aliphatic carbocycles. The fourth-order valence-corrected chi connectivity index (χ4v) is 3.65. The van der Waals surface area contributed by atoms with Crippen LogP contribution in [0.1, 0.15) is 39.0 Å². The molecule has 1 fully saturated rings. The number of sulfonamides is 1. The highest BCUT2D eigenvalue weighted by molar-refractivity contribution is 7.89. The van der Waals surface area contributed by atoms with Crippen LogP contribution in [-0.4, -0.2) is 33.8 Å². The first-order valence-electron chi connectivity index (χ1n) is 6.18. The Bertz CT molecular complexity index is 284. The molecule has 0 bridgehead atoms. The van der Waals surface area contributed by atoms with E-state index in [1.807, 2.05) is 14.0 Å². The van der Waals surface area contributed by atoms with Gasteiger partial charge in [-0.2, -0.15) is 0 Å². The van der Waals surface area contributed by atoms with Gasteiger partial charge in [0.05, 0.1) is 5.75 Å². The van der Waals surface area contributed by atoms with Crippen molar-refractivity contribution in [1.29, 1.82) is 0 Å². The highest BCUT2D eigenvalue weighted by Crippen LogP contribution is 2.24. The topological polar surface area (TPSA) is 58.2 Å². The zero-order chi connectivity index (χ0) is 12.0. The van der Waals surface area contributed by atoms with Crippen molar-refractivity contribution in [3.05, 3.63) is 0 Å². The average Bonchev–Trinajstić information content (AvgIpc) is 2.27. The monoisotopic (exact) mass is 248 g/mol. The Kier molecular flexibility index (Phi) is 5.72. The van der Waals surface area contributed by atoms with Gasteiger partial charge < -0.3 is 5.32 Å². The maximum absolute atomic E-state index is 11.8. The average molecular weight is 248 g/mol.